The van der Waals surface area contributed by atoms with Gasteiger partial charge in [0.1, 0.15) is 5.75 Å². The Balaban J connectivity index is 1.59. The maximum atomic E-state index is 12.3. The Kier molecular flexibility index (Phi) is 4.24. The first-order valence-corrected chi connectivity index (χ1v) is 8.41. The van der Waals surface area contributed by atoms with Crippen LogP contribution < -0.4 is 4.74 Å². The molecule has 0 radical (unpaired) electrons. The zero-order valence-corrected chi connectivity index (χ0v) is 14.7. The minimum Gasteiger partial charge on any atom is -0.493 e. The van der Waals surface area contributed by atoms with Crippen molar-refractivity contribution in [2.75, 3.05) is 13.2 Å². The quantitative estimate of drug-likeness (QED) is 0.471. The van der Waals surface area contributed by atoms with E-state index in [1.54, 1.807) is 6.07 Å². The van der Waals surface area contributed by atoms with Gasteiger partial charge in [-0.1, -0.05) is 25.5 Å². The number of esters is 1. The molecule has 0 amide bonds. The van der Waals surface area contributed by atoms with Crippen LogP contribution in [0, 0.1) is 17.3 Å². The van der Waals surface area contributed by atoms with Crippen molar-refractivity contribution in [3.63, 3.8) is 0 Å². The van der Waals surface area contributed by atoms with Crippen LogP contribution in [0.25, 0.3) is 0 Å². The van der Waals surface area contributed by atoms with E-state index in [0.29, 0.717) is 12.2 Å². The summed E-state index contributed by atoms with van der Waals surface area (Å²) < 4.78 is 10.7. The molecule has 1 aromatic rings. The molecule has 2 aliphatic rings. The lowest BCUT2D eigenvalue weighted by atomic mass is 10.1. The van der Waals surface area contributed by atoms with Crippen LogP contribution in [0.5, 0.6) is 5.75 Å². The molecule has 0 aromatic heterocycles. The third-order valence-corrected chi connectivity index (χ3v) is 5.03. The predicted molar refractivity (Wildman–Crippen MR) is 91.1 cm³/mol. The maximum absolute atomic E-state index is 12.3. The number of hydrogen-bond donors (Lipinski definition) is 0. The number of benzene rings is 1. The van der Waals surface area contributed by atoms with Crippen molar-refractivity contribution in [3.8, 4) is 5.75 Å². The van der Waals surface area contributed by atoms with E-state index in [4.69, 9.17) is 9.47 Å². The Morgan fingerprint density at radius 2 is 2.08 bits per heavy atom. The summed E-state index contributed by atoms with van der Waals surface area (Å²) in [5.74, 6) is 0.430. The minimum absolute atomic E-state index is 0.0949. The van der Waals surface area contributed by atoms with Gasteiger partial charge in [0.05, 0.1) is 12.5 Å². The molecular weight excluding hydrogens is 304 g/mol. The van der Waals surface area contributed by atoms with Gasteiger partial charge in [0.2, 0.25) is 0 Å². The summed E-state index contributed by atoms with van der Waals surface area (Å²) in [5.41, 5.74) is 2.71. The fraction of sp³-hybridized carbons (Fsp3) is 0.500. The monoisotopic (exact) mass is 328 g/mol. The highest BCUT2D eigenvalue weighted by Crippen LogP contribution is 2.59. The average Bonchev–Trinajstić information content (AvgIpc) is 2.88. The van der Waals surface area contributed by atoms with E-state index in [9.17, 15) is 9.59 Å². The molecule has 4 heteroatoms. The Morgan fingerprint density at radius 1 is 1.33 bits per heavy atom. The Hall–Kier alpha value is -2.10. The summed E-state index contributed by atoms with van der Waals surface area (Å²) in [4.78, 5) is 24.6. The average molecular weight is 328 g/mol. The first-order chi connectivity index (χ1) is 11.3. The first kappa shape index (κ1) is 16.7. The van der Waals surface area contributed by atoms with Crippen LogP contribution in [0.2, 0.25) is 0 Å². The Bertz CT molecular complexity index is 710. The van der Waals surface area contributed by atoms with Crippen LogP contribution in [-0.2, 0) is 16.0 Å². The van der Waals surface area contributed by atoms with E-state index < -0.39 is 0 Å². The van der Waals surface area contributed by atoms with Crippen molar-refractivity contribution in [1.82, 2.24) is 0 Å². The summed E-state index contributed by atoms with van der Waals surface area (Å²) >= 11 is 0. The smallest absolute Gasteiger partial charge is 0.310 e. The van der Waals surface area contributed by atoms with Gasteiger partial charge in [0.15, 0.2) is 12.4 Å². The zero-order valence-electron chi connectivity index (χ0n) is 14.7. The third-order valence-electron chi connectivity index (χ3n) is 5.03. The van der Waals surface area contributed by atoms with Gasteiger partial charge >= 0.3 is 5.97 Å². The van der Waals surface area contributed by atoms with Crippen molar-refractivity contribution in [1.29, 1.82) is 0 Å². The lowest BCUT2D eigenvalue weighted by molar-refractivity contribution is -0.145. The van der Waals surface area contributed by atoms with Gasteiger partial charge in [-0.3, -0.25) is 9.59 Å². The van der Waals surface area contributed by atoms with Gasteiger partial charge in [-0.25, -0.2) is 0 Å². The van der Waals surface area contributed by atoms with Gasteiger partial charge in [0.25, 0.3) is 0 Å². The topological polar surface area (TPSA) is 52.6 Å². The molecule has 0 spiro atoms. The molecular formula is C20H24O4. The van der Waals surface area contributed by atoms with E-state index in [0.717, 1.165) is 17.7 Å². The highest BCUT2D eigenvalue weighted by molar-refractivity contribution is 5.98. The normalized spacial score (nSPS) is 23.0. The van der Waals surface area contributed by atoms with Gasteiger partial charge in [-0.15, -0.1) is 0 Å². The first-order valence-electron chi connectivity index (χ1n) is 8.41. The molecule has 128 valence electrons. The van der Waals surface area contributed by atoms with E-state index in [-0.39, 0.29) is 35.6 Å². The number of rotatable bonds is 5. The van der Waals surface area contributed by atoms with Crippen molar-refractivity contribution in [3.05, 3.63) is 41.0 Å². The molecule has 24 heavy (non-hydrogen) atoms. The molecule has 0 N–H and O–H groups in total. The van der Waals surface area contributed by atoms with Crippen LogP contribution in [0.4, 0.5) is 0 Å². The maximum Gasteiger partial charge on any atom is 0.310 e. The van der Waals surface area contributed by atoms with Crippen molar-refractivity contribution < 1.29 is 19.1 Å². The summed E-state index contributed by atoms with van der Waals surface area (Å²) in [5, 5.41) is 0. The summed E-state index contributed by atoms with van der Waals surface area (Å²) in [6, 6.07) is 5.38. The molecule has 2 atom stereocenters. The van der Waals surface area contributed by atoms with E-state index in [1.807, 2.05) is 26.0 Å². The van der Waals surface area contributed by atoms with E-state index in [1.165, 1.54) is 5.57 Å². The van der Waals surface area contributed by atoms with Crippen LogP contribution in [0.1, 0.15) is 43.6 Å². The molecule has 1 aliphatic heterocycles. The molecule has 0 saturated heterocycles. The number of carbonyl (C=O) groups excluding carboxylic acids is 2. The lowest BCUT2D eigenvalue weighted by Crippen LogP contribution is -2.17. The molecule has 1 saturated carbocycles. The standard InChI is InChI=1S/C20H24O4/c1-12(2)9-15-18(20(15,3)4)19(22)24-11-16(21)13-5-6-17-14(10-13)7-8-23-17/h5-6,9-10,15,18H,7-8,11H2,1-4H3/t15-,18+/m1/s1. The van der Waals surface area contributed by atoms with Gasteiger partial charge in [-0.05, 0) is 48.9 Å². The molecule has 0 unspecified atom stereocenters. The summed E-state index contributed by atoms with van der Waals surface area (Å²) in [6.45, 7) is 8.63. The molecule has 0 bridgehead atoms. The highest BCUT2D eigenvalue weighted by atomic mass is 16.5. The second-order valence-electron chi connectivity index (χ2n) is 7.52. The van der Waals surface area contributed by atoms with Crippen LogP contribution in [0.15, 0.2) is 29.8 Å². The molecule has 1 aromatic carbocycles. The number of fused-ring (bicyclic) bond motifs is 1. The van der Waals surface area contributed by atoms with Crippen molar-refractivity contribution >= 4 is 11.8 Å². The van der Waals surface area contributed by atoms with Gasteiger partial charge in [0, 0.05) is 12.0 Å². The number of allylic oxidation sites excluding steroid dienone is 2. The lowest BCUT2D eigenvalue weighted by Gasteiger charge is -2.06. The molecule has 1 aliphatic carbocycles. The number of ether oxygens (including phenoxy) is 2. The fourth-order valence-electron chi connectivity index (χ4n) is 3.47. The van der Waals surface area contributed by atoms with Crippen molar-refractivity contribution in [2.24, 2.45) is 17.3 Å². The minimum atomic E-state index is -0.277. The van der Waals surface area contributed by atoms with Gasteiger partial charge < -0.3 is 9.47 Å². The second-order valence-corrected chi connectivity index (χ2v) is 7.52. The largest absolute Gasteiger partial charge is 0.493 e. The number of carbonyl (C=O) groups is 2. The summed E-state index contributed by atoms with van der Waals surface area (Å²) in [7, 11) is 0. The van der Waals surface area contributed by atoms with Crippen LogP contribution in [0.3, 0.4) is 0 Å². The number of hydrogen-bond acceptors (Lipinski definition) is 4. The second kappa shape index (κ2) is 6.08. The van der Waals surface area contributed by atoms with Crippen molar-refractivity contribution in [2.45, 2.75) is 34.1 Å². The predicted octanol–water partition coefficient (Wildman–Crippen LogP) is 3.59. The molecule has 1 heterocycles. The number of Topliss-reactive ketones (excluding diaryl/α,β-unsaturated/α-hetero) is 1. The van der Waals surface area contributed by atoms with Crippen LogP contribution in [-0.4, -0.2) is 25.0 Å². The van der Waals surface area contributed by atoms with Crippen LogP contribution >= 0.6 is 0 Å². The SMILES string of the molecule is CC(C)=C[C@@H]1[C@@H](C(=O)OCC(=O)c2ccc3c(c2)CCO3)C1(C)C. The van der Waals surface area contributed by atoms with Gasteiger partial charge in [-0.2, -0.15) is 0 Å². The molecule has 4 nitrogen and oxygen atoms in total. The Labute approximate surface area is 142 Å². The summed E-state index contributed by atoms with van der Waals surface area (Å²) in [6.07, 6.45) is 2.94. The fourth-order valence-corrected chi connectivity index (χ4v) is 3.47. The number of ketones is 1. The third kappa shape index (κ3) is 3.10. The van der Waals surface area contributed by atoms with E-state index >= 15 is 0 Å². The molecule has 3 rings (SSSR count). The van der Waals surface area contributed by atoms with E-state index in [2.05, 4.69) is 19.9 Å². The Morgan fingerprint density at radius 3 is 2.79 bits per heavy atom. The highest BCUT2D eigenvalue weighted by Gasteiger charge is 2.61. The molecule has 1 fully saturated rings. The zero-order chi connectivity index (χ0) is 17.5.